The van der Waals surface area contributed by atoms with E-state index < -0.39 is 0 Å². The van der Waals surface area contributed by atoms with Crippen LogP contribution in [0.15, 0.2) is 21.1 Å². The highest BCUT2D eigenvalue weighted by Gasteiger charge is 2.16. The summed E-state index contributed by atoms with van der Waals surface area (Å²) in [6.07, 6.45) is 0. The number of aromatic hydroxyl groups is 1. The lowest BCUT2D eigenvalue weighted by Crippen LogP contribution is -2.10. The van der Waals surface area contributed by atoms with Crippen LogP contribution in [-0.4, -0.2) is 5.11 Å². The van der Waals surface area contributed by atoms with E-state index in [4.69, 9.17) is 0 Å². The maximum absolute atomic E-state index is 9.50. The maximum Gasteiger partial charge on any atom is 0.143 e. The number of hydrogen-bond donors (Lipinski definition) is 1. The lowest BCUT2D eigenvalue weighted by atomic mass is 9.87. The normalized spacial score (nSPS) is 11.8. The SMILES string of the molecule is CC(C)(C)c1cc(Br)c(O)c(Br)c1. The lowest BCUT2D eigenvalue weighted by Gasteiger charge is -2.20. The molecule has 3 heteroatoms. The predicted octanol–water partition coefficient (Wildman–Crippen LogP) is 4.21. The number of halogens is 2. The molecule has 0 aliphatic rings. The molecule has 1 aromatic rings. The lowest BCUT2D eigenvalue weighted by molar-refractivity contribution is 0.467. The summed E-state index contributed by atoms with van der Waals surface area (Å²) >= 11 is 6.62. The van der Waals surface area contributed by atoms with Crippen LogP contribution in [0.1, 0.15) is 26.3 Å². The fourth-order valence-corrected chi connectivity index (χ4v) is 2.18. The standard InChI is InChI=1S/C10H12Br2O/c1-10(2,3)6-4-7(11)9(13)8(12)5-6/h4-5,13H,1-3H3. The van der Waals surface area contributed by atoms with Gasteiger partial charge in [0.1, 0.15) is 5.75 Å². The topological polar surface area (TPSA) is 20.2 Å². The van der Waals surface area contributed by atoms with Crippen LogP contribution in [0.3, 0.4) is 0 Å². The van der Waals surface area contributed by atoms with Crippen molar-refractivity contribution in [2.75, 3.05) is 0 Å². The molecule has 1 N–H and O–H groups in total. The van der Waals surface area contributed by atoms with Crippen molar-refractivity contribution >= 4 is 31.9 Å². The smallest absolute Gasteiger partial charge is 0.143 e. The Bertz CT molecular complexity index is 303. The minimum absolute atomic E-state index is 0.0960. The highest BCUT2D eigenvalue weighted by Crippen LogP contribution is 2.36. The van der Waals surface area contributed by atoms with E-state index in [0.717, 1.165) is 8.95 Å². The molecule has 0 saturated carbocycles. The zero-order chi connectivity index (χ0) is 10.2. The first-order chi connectivity index (χ1) is 5.82. The van der Waals surface area contributed by atoms with E-state index in [1.807, 2.05) is 12.1 Å². The molecule has 0 fully saturated rings. The van der Waals surface area contributed by atoms with Crippen molar-refractivity contribution in [2.45, 2.75) is 26.2 Å². The first-order valence-corrected chi connectivity index (χ1v) is 5.59. The molecular weight excluding hydrogens is 296 g/mol. The summed E-state index contributed by atoms with van der Waals surface area (Å²) in [5.74, 6) is 0.257. The fraction of sp³-hybridized carbons (Fsp3) is 0.400. The van der Waals surface area contributed by atoms with Crippen LogP contribution in [0.2, 0.25) is 0 Å². The van der Waals surface area contributed by atoms with Gasteiger partial charge in [0.25, 0.3) is 0 Å². The minimum atomic E-state index is 0.0960. The van der Waals surface area contributed by atoms with E-state index in [1.54, 1.807) is 0 Å². The van der Waals surface area contributed by atoms with Gasteiger partial charge in [0.05, 0.1) is 8.95 Å². The summed E-state index contributed by atoms with van der Waals surface area (Å²) in [7, 11) is 0. The maximum atomic E-state index is 9.50. The van der Waals surface area contributed by atoms with Gasteiger partial charge in [0.15, 0.2) is 0 Å². The van der Waals surface area contributed by atoms with Gasteiger partial charge >= 0.3 is 0 Å². The Morgan fingerprint density at radius 2 is 1.46 bits per heavy atom. The number of phenolic OH excluding ortho intramolecular Hbond substituents is 1. The Kier molecular flexibility index (Phi) is 3.08. The van der Waals surface area contributed by atoms with Gasteiger partial charge in [-0.15, -0.1) is 0 Å². The number of phenols is 1. The summed E-state index contributed by atoms with van der Waals surface area (Å²) in [6, 6.07) is 3.89. The molecule has 1 rings (SSSR count). The summed E-state index contributed by atoms with van der Waals surface area (Å²) in [5.41, 5.74) is 1.28. The van der Waals surface area contributed by atoms with Gasteiger partial charge in [-0.2, -0.15) is 0 Å². The van der Waals surface area contributed by atoms with Gasteiger partial charge in [-0.1, -0.05) is 20.8 Å². The molecule has 1 nitrogen and oxygen atoms in total. The predicted molar refractivity (Wildman–Crippen MR) is 62.2 cm³/mol. The highest BCUT2D eigenvalue weighted by molar-refractivity contribution is 9.11. The van der Waals surface area contributed by atoms with Gasteiger partial charge in [0.2, 0.25) is 0 Å². The zero-order valence-corrected chi connectivity index (χ0v) is 11.0. The second-order valence-corrected chi connectivity index (χ2v) is 5.75. The molecule has 0 unspecified atom stereocenters. The van der Waals surface area contributed by atoms with E-state index >= 15 is 0 Å². The first-order valence-electron chi connectivity index (χ1n) is 4.01. The molecule has 0 radical (unpaired) electrons. The molecule has 1 aromatic carbocycles. The summed E-state index contributed by atoms with van der Waals surface area (Å²) in [4.78, 5) is 0. The minimum Gasteiger partial charge on any atom is -0.506 e. The van der Waals surface area contributed by atoms with Crippen LogP contribution in [0, 0.1) is 0 Å². The Balaban J connectivity index is 3.29. The number of hydrogen-bond acceptors (Lipinski definition) is 1. The van der Waals surface area contributed by atoms with Gasteiger partial charge in [-0.05, 0) is 55.0 Å². The Hall–Kier alpha value is -0.0200. The molecule has 0 aromatic heterocycles. The molecule has 0 amide bonds. The average molecular weight is 308 g/mol. The van der Waals surface area contributed by atoms with Crippen molar-refractivity contribution in [1.82, 2.24) is 0 Å². The largest absolute Gasteiger partial charge is 0.506 e. The van der Waals surface area contributed by atoms with E-state index in [1.165, 1.54) is 5.56 Å². The molecule has 0 aliphatic heterocycles. The average Bonchev–Trinajstić information content (AvgIpc) is 1.97. The van der Waals surface area contributed by atoms with Gasteiger partial charge in [-0.3, -0.25) is 0 Å². The van der Waals surface area contributed by atoms with Crippen LogP contribution in [0.4, 0.5) is 0 Å². The number of rotatable bonds is 0. The van der Waals surface area contributed by atoms with E-state index in [0.29, 0.717) is 0 Å². The van der Waals surface area contributed by atoms with E-state index in [-0.39, 0.29) is 11.2 Å². The summed E-state index contributed by atoms with van der Waals surface area (Å²) in [6.45, 7) is 6.41. The summed E-state index contributed by atoms with van der Waals surface area (Å²) < 4.78 is 1.46. The third-order valence-corrected chi connectivity index (χ3v) is 3.09. The Morgan fingerprint density at radius 1 is 1.08 bits per heavy atom. The quantitative estimate of drug-likeness (QED) is 0.761. The number of benzene rings is 1. The molecule has 0 aliphatic carbocycles. The van der Waals surface area contributed by atoms with Crippen LogP contribution < -0.4 is 0 Å². The molecule has 72 valence electrons. The highest BCUT2D eigenvalue weighted by atomic mass is 79.9. The zero-order valence-electron chi connectivity index (χ0n) is 7.86. The van der Waals surface area contributed by atoms with Crippen LogP contribution in [0.5, 0.6) is 5.75 Å². The molecular formula is C10H12Br2O. The molecule has 13 heavy (non-hydrogen) atoms. The van der Waals surface area contributed by atoms with Crippen LogP contribution >= 0.6 is 31.9 Å². The first kappa shape index (κ1) is 11.1. The van der Waals surface area contributed by atoms with E-state index in [2.05, 4.69) is 52.6 Å². The van der Waals surface area contributed by atoms with Crippen molar-refractivity contribution < 1.29 is 5.11 Å². The van der Waals surface area contributed by atoms with Gasteiger partial charge in [0, 0.05) is 0 Å². The Morgan fingerprint density at radius 3 is 1.77 bits per heavy atom. The second-order valence-electron chi connectivity index (χ2n) is 4.04. The molecule has 0 heterocycles. The van der Waals surface area contributed by atoms with Crippen molar-refractivity contribution in [3.63, 3.8) is 0 Å². The van der Waals surface area contributed by atoms with Gasteiger partial charge < -0.3 is 5.11 Å². The molecule has 0 saturated heterocycles. The fourth-order valence-electron chi connectivity index (χ4n) is 0.999. The van der Waals surface area contributed by atoms with Crippen molar-refractivity contribution in [3.8, 4) is 5.75 Å². The second kappa shape index (κ2) is 3.62. The van der Waals surface area contributed by atoms with Crippen molar-refractivity contribution in [2.24, 2.45) is 0 Å². The van der Waals surface area contributed by atoms with Crippen LogP contribution in [-0.2, 0) is 5.41 Å². The third-order valence-electron chi connectivity index (χ3n) is 1.88. The van der Waals surface area contributed by atoms with Gasteiger partial charge in [-0.25, -0.2) is 0 Å². The third kappa shape index (κ3) is 2.47. The summed E-state index contributed by atoms with van der Waals surface area (Å²) in [5, 5.41) is 9.50. The molecule has 0 spiro atoms. The Labute approximate surface area is 95.4 Å². The van der Waals surface area contributed by atoms with E-state index in [9.17, 15) is 5.11 Å². The monoisotopic (exact) mass is 306 g/mol. The molecule has 0 bridgehead atoms. The van der Waals surface area contributed by atoms with Crippen molar-refractivity contribution in [1.29, 1.82) is 0 Å². The van der Waals surface area contributed by atoms with Crippen LogP contribution in [0.25, 0.3) is 0 Å². The van der Waals surface area contributed by atoms with Crippen molar-refractivity contribution in [3.05, 3.63) is 26.6 Å². The molecule has 0 atom stereocenters.